The Morgan fingerprint density at radius 1 is 1.08 bits per heavy atom. The van der Waals surface area contributed by atoms with Gasteiger partial charge in [-0.25, -0.2) is 0 Å². The van der Waals surface area contributed by atoms with Gasteiger partial charge in [0.15, 0.2) is 0 Å². The standard InChI is InChI=1S/C19H19ClN2O2/c20-11-3-4-12-24-15-9-7-14(8-10-15)21-13-17-16-5-1-2-6-18(16)22-19(17)23/h1-2,5-10,13,21H,3-4,11-12H2,(H,22,23)/b17-13+. The molecule has 3 rings (SSSR count). The summed E-state index contributed by atoms with van der Waals surface area (Å²) in [4.78, 5) is 12.0. The molecule has 1 amide bonds. The minimum Gasteiger partial charge on any atom is -0.494 e. The zero-order valence-corrected chi connectivity index (χ0v) is 14.0. The third kappa shape index (κ3) is 3.89. The summed E-state index contributed by atoms with van der Waals surface area (Å²) in [6.07, 6.45) is 3.64. The number of nitrogens with one attached hydrogen (secondary N) is 2. The Hall–Kier alpha value is -2.46. The van der Waals surface area contributed by atoms with Crippen molar-refractivity contribution >= 4 is 34.5 Å². The Kier molecular flexibility index (Phi) is 5.39. The van der Waals surface area contributed by atoms with Gasteiger partial charge in [-0.15, -0.1) is 11.6 Å². The number of hydrogen-bond acceptors (Lipinski definition) is 3. The number of benzene rings is 2. The molecule has 0 fully saturated rings. The number of carbonyl (C=O) groups is 1. The highest BCUT2D eigenvalue weighted by molar-refractivity contribution is 6.31. The second-order valence-electron chi connectivity index (χ2n) is 5.47. The van der Waals surface area contributed by atoms with Crippen LogP contribution < -0.4 is 15.4 Å². The highest BCUT2D eigenvalue weighted by Gasteiger charge is 2.23. The Morgan fingerprint density at radius 3 is 2.67 bits per heavy atom. The zero-order valence-electron chi connectivity index (χ0n) is 13.2. The van der Waals surface area contributed by atoms with Gasteiger partial charge < -0.3 is 15.4 Å². The summed E-state index contributed by atoms with van der Waals surface area (Å²) in [6.45, 7) is 0.667. The number of hydrogen-bond donors (Lipinski definition) is 2. The minimum absolute atomic E-state index is 0.0945. The highest BCUT2D eigenvalue weighted by Crippen LogP contribution is 2.31. The molecular formula is C19H19ClN2O2. The summed E-state index contributed by atoms with van der Waals surface area (Å²) in [6, 6.07) is 15.3. The normalized spacial score (nSPS) is 14.4. The molecule has 0 aliphatic carbocycles. The zero-order chi connectivity index (χ0) is 16.8. The van der Waals surface area contributed by atoms with Gasteiger partial charge in [-0.05, 0) is 43.2 Å². The first-order valence-electron chi connectivity index (χ1n) is 7.94. The van der Waals surface area contributed by atoms with Crippen LogP contribution in [0.4, 0.5) is 11.4 Å². The van der Waals surface area contributed by atoms with Crippen LogP contribution in [-0.4, -0.2) is 18.4 Å². The van der Waals surface area contributed by atoms with Crippen molar-refractivity contribution in [3.63, 3.8) is 0 Å². The predicted molar refractivity (Wildman–Crippen MR) is 98.6 cm³/mol. The molecular weight excluding hydrogens is 324 g/mol. The lowest BCUT2D eigenvalue weighted by atomic mass is 10.1. The first kappa shape index (κ1) is 16.4. The summed E-state index contributed by atoms with van der Waals surface area (Å²) >= 11 is 5.64. The summed E-state index contributed by atoms with van der Waals surface area (Å²) in [5, 5.41) is 6.02. The van der Waals surface area contributed by atoms with Gasteiger partial charge in [0.25, 0.3) is 5.91 Å². The molecule has 0 unspecified atom stereocenters. The fraction of sp³-hybridized carbons (Fsp3) is 0.211. The van der Waals surface area contributed by atoms with E-state index in [-0.39, 0.29) is 5.91 Å². The van der Waals surface area contributed by atoms with Crippen molar-refractivity contribution in [3.05, 3.63) is 60.3 Å². The number of ether oxygens (including phenoxy) is 1. The van der Waals surface area contributed by atoms with E-state index in [9.17, 15) is 4.79 Å². The van der Waals surface area contributed by atoms with Gasteiger partial charge in [0, 0.05) is 29.0 Å². The highest BCUT2D eigenvalue weighted by atomic mass is 35.5. The molecule has 0 saturated carbocycles. The predicted octanol–water partition coefficient (Wildman–Crippen LogP) is 4.49. The van der Waals surface area contributed by atoms with Crippen molar-refractivity contribution in [2.75, 3.05) is 23.1 Å². The SMILES string of the molecule is O=C1Nc2ccccc2/C1=C\Nc1ccc(OCCCCCl)cc1. The Bertz CT molecular complexity index is 741. The number of para-hydroxylation sites is 1. The molecule has 24 heavy (non-hydrogen) atoms. The van der Waals surface area contributed by atoms with Gasteiger partial charge in [-0.2, -0.15) is 0 Å². The lowest BCUT2D eigenvalue weighted by molar-refractivity contribution is -0.110. The lowest BCUT2D eigenvalue weighted by Gasteiger charge is -2.07. The Morgan fingerprint density at radius 2 is 1.88 bits per heavy atom. The summed E-state index contributed by atoms with van der Waals surface area (Å²) in [5.41, 5.74) is 3.28. The molecule has 2 aromatic carbocycles. The van der Waals surface area contributed by atoms with Crippen molar-refractivity contribution in [2.24, 2.45) is 0 Å². The van der Waals surface area contributed by atoms with E-state index < -0.39 is 0 Å². The molecule has 0 saturated heterocycles. The molecule has 2 aromatic rings. The van der Waals surface area contributed by atoms with Crippen LogP contribution in [0.25, 0.3) is 5.57 Å². The van der Waals surface area contributed by atoms with Gasteiger partial charge in [0.05, 0.1) is 12.2 Å². The van der Waals surface area contributed by atoms with Crippen molar-refractivity contribution in [3.8, 4) is 5.75 Å². The van der Waals surface area contributed by atoms with E-state index in [2.05, 4.69) is 10.6 Å². The second-order valence-corrected chi connectivity index (χ2v) is 5.85. The van der Waals surface area contributed by atoms with Crippen molar-refractivity contribution < 1.29 is 9.53 Å². The maximum atomic E-state index is 12.0. The van der Waals surface area contributed by atoms with E-state index in [0.29, 0.717) is 18.1 Å². The molecule has 0 spiro atoms. The van der Waals surface area contributed by atoms with E-state index in [1.165, 1.54) is 0 Å². The fourth-order valence-electron chi connectivity index (χ4n) is 2.47. The van der Waals surface area contributed by atoms with Crippen LogP contribution in [0.1, 0.15) is 18.4 Å². The number of anilines is 2. The molecule has 124 valence electrons. The average molecular weight is 343 g/mol. The molecule has 0 radical (unpaired) electrons. The van der Waals surface area contributed by atoms with Gasteiger partial charge in [-0.1, -0.05) is 18.2 Å². The smallest absolute Gasteiger partial charge is 0.257 e. The van der Waals surface area contributed by atoms with Gasteiger partial charge >= 0.3 is 0 Å². The van der Waals surface area contributed by atoms with Gasteiger partial charge in [0.1, 0.15) is 5.75 Å². The quantitative estimate of drug-likeness (QED) is 0.443. The number of halogens is 1. The fourth-order valence-corrected chi connectivity index (χ4v) is 2.66. The number of unbranched alkanes of at least 4 members (excludes halogenated alkanes) is 1. The first-order valence-corrected chi connectivity index (χ1v) is 8.47. The third-order valence-corrected chi connectivity index (χ3v) is 4.01. The van der Waals surface area contributed by atoms with Crippen LogP contribution in [0.15, 0.2) is 54.7 Å². The van der Waals surface area contributed by atoms with Crippen molar-refractivity contribution in [1.29, 1.82) is 0 Å². The molecule has 1 heterocycles. The topological polar surface area (TPSA) is 50.4 Å². The molecule has 1 aliphatic heterocycles. The molecule has 5 heteroatoms. The van der Waals surface area contributed by atoms with Crippen LogP contribution in [0.2, 0.25) is 0 Å². The maximum absolute atomic E-state index is 12.0. The number of fused-ring (bicyclic) bond motifs is 1. The van der Waals surface area contributed by atoms with E-state index in [1.54, 1.807) is 6.20 Å². The van der Waals surface area contributed by atoms with E-state index >= 15 is 0 Å². The molecule has 0 atom stereocenters. The maximum Gasteiger partial charge on any atom is 0.257 e. The van der Waals surface area contributed by atoms with Crippen LogP contribution in [0.5, 0.6) is 5.75 Å². The number of carbonyl (C=O) groups excluding carboxylic acids is 1. The van der Waals surface area contributed by atoms with E-state index in [1.807, 2.05) is 48.5 Å². The van der Waals surface area contributed by atoms with Crippen LogP contribution >= 0.6 is 11.6 Å². The van der Waals surface area contributed by atoms with Gasteiger partial charge in [0.2, 0.25) is 0 Å². The van der Waals surface area contributed by atoms with E-state index in [4.69, 9.17) is 16.3 Å². The summed E-state index contributed by atoms with van der Waals surface area (Å²) in [5.74, 6) is 1.40. The molecule has 0 bridgehead atoms. The third-order valence-electron chi connectivity index (χ3n) is 3.74. The van der Waals surface area contributed by atoms with Gasteiger partial charge in [-0.3, -0.25) is 4.79 Å². The largest absolute Gasteiger partial charge is 0.494 e. The molecule has 1 aliphatic rings. The summed E-state index contributed by atoms with van der Waals surface area (Å²) < 4.78 is 5.64. The first-order chi connectivity index (χ1) is 11.8. The van der Waals surface area contributed by atoms with E-state index in [0.717, 1.165) is 35.5 Å². The Labute approximate surface area is 146 Å². The van der Waals surface area contributed by atoms with Crippen LogP contribution in [0.3, 0.4) is 0 Å². The van der Waals surface area contributed by atoms with Crippen molar-refractivity contribution in [1.82, 2.24) is 0 Å². The minimum atomic E-state index is -0.0945. The molecule has 0 aromatic heterocycles. The van der Waals surface area contributed by atoms with Crippen molar-refractivity contribution in [2.45, 2.75) is 12.8 Å². The Balaban J connectivity index is 1.61. The molecule has 4 nitrogen and oxygen atoms in total. The summed E-state index contributed by atoms with van der Waals surface area (Å²) in [7, 11) is 0. The number of alkyl halides is 1. The van der Waals surface area contributed by atoms with Crippen LogP contribution in [0, 0.1) is 0 Å². The number of rotatable bonds is 7. The average Bonchev–Trinajstić information content (AvgIpc) is 2.93. The van der Waals surface area contributed by atoms with Crippen LogP contribution in [-0.2, 0) is 4.79 Å². The molecule has 2 N–H and O–H groups in total. The lowest BCUT2D eigenvalue weighted by Crippen LogP contribution is -2.05. The monoisotopic (exact) mass is 342 g/mol. The number of amides is 1. The second kappa shape index (κ2) is 7.88.